The van der Waals surface area contributed by atoms with Gasteiger partial charge < -0.3 is 20.4 Å². The van der Waals surface area contributed by atoms with Crippen LogP contribution in [0.25, 0.3) is 0 Å². The van der Waals surface area contributed by atoms with Gasteiger partial charge in [0.25, 0.3) is 0 Å². The number of urea groups is 1. The molecule has 0 fully saturated rings. The lowest BCUT2D eigenvalue weighted by Gasteiger charge is -2.21. The molecule has 0 heterocycles. The lowest BCUT2D eigenvalue weighted by molar-refractivity contribution is 0.219. The first-order chi connectivity index (χ1) is 16.2. The number of carbonyl (C=O) groups is 1. The highest BCUT2D eigenvalue weighted by Gasteiger charge is 2.10. The van der Waals surface area contributed by atoms with E-state index in [1.807, 2.05) is 68.4 Å². The van der Waals surface area contributed by atoms with E-state index in [0.29, 0.717) is 22.7 Å². The van der Waals surface area contributed by atoms with E-state index in [1.165, 1.54) is 4.90 Å². The van der Waals surface area contributed by atoms with Crippen molar-refractivity contribution in [1.82, 2.24) is 20.7 Å². The Morgan fingerprint density at radius 1 is 1.06 bits per heavy atom. The van der Waals surface area contributed by atoms with Crippen molar-refractivity contribution in [2.45, 2.75) is 20.8 Å². The highest BCUT2D eigenvalue weighted by molar-refractivity contribution is 6.02. The lowest BCUT2D eigenvalue weighted by atomic mass is 10.1. The molecular formula is C26H32N6O2. The molecule has 0 radical (unpaired) electrons. The van der Waals surface area contributed by atoms with E-state index >= 15 is 0 Å². The summed E-state index contributed by atoms with van der Waals surface area (Å²) in [5, 5.41) is 14.1. The average molecular weight is 461 g/mol. The van der Waals surface area contributed by atoms with Gasteiger partial charge in [-0.2, -0.15) is 5.26 Å². The van der Waals surface area contributed by atoms with Crippen molar-refractivity contribution in [3.05, 3.63) is 78.3 Å². The van der Waals surface area contributed by atoms with Crippen LogP contribution in [0, 0.1) is 17.2 Å². The molecule has 0 unspecified atom stereocenters. The van der Waals surface area contributed by atoms with Crippen molar-refractivity contribution in [2.75, 3.05) is 21.1 Å². The third-order valence-corrected chi connectivity index (χ3v) is 4.65. The zero-order valence-electron chi connectivity index (χ0n) is 20.5. The highest BCUT2D eigenvalue weighted by atomic mass is 16.5. The second-order valence-electron chi connectivity index (χ2n) is 8.08. The van der Waals surface area contributed by atoms with Crippen LogP contribution in [0.1, 0.15) is 20.8 Å². The fourth-order valence-electron chi connectivity index (χ4n) is 2.66. The molecular weight excluding hydrogens is 428 g/mol. The maximum Gasteiger partial charge on any atom is 0.321 e. The van der Waals surface area contributed by atoms with Crippen LogP contribution in [0.4, 0.5) is 10.5 Å². The summed E-state index contributed by atoms with van der Waals surface area (Å²) in [6.45, 7) is 5.75. The Hall–Kier alpha value is -4.25. The van der Waals surface area contributed by atoms with Crippen LogP contribution in [0.3, 0.4) is 0 Å². The standard InChI is InChI=1S/C26H32N6O2/c1-19(2)25(30-26(33)31(4)5)18-32(6)28-17-21(16-27)20(3)29-22-12-14-24(15-13-22)34-23-10-8-7-9-11-23/h7-15,17-19,28H,1-6H3,(H,30,33)/b21-17?,25-18+,29-20?. The van der Waals surface area contributed by atoms with Gasteiger partial charge >= 0.3 is 6.03 Å². The Morgan fingerprint density at radius 2 is 1.68 bits per heavy atom. The van der Waals surface area contributed by atoms with Gasteiger partial charge in [0.05, 0.1) is 17.0 Å². The summed E-state index contributed by atoms with van der Waals surface area (Å²) in [7, 11) is 5.15. The van der Waals surface area contributed by atoms with Crippen molar-refractivity contribution in [2.24, 2.45) is 10.9 Å². The molecule has 34 heavy (non-hydrogen) atoms. The van der Waals surface area contributed by atoms with E-state index in [1.54, 1.807) is 45.5 Å². The molecule has 2 aromatic rings. The maximum atomic E-state index is 12.0. The fraction of sp³-hybridized carbons (Fsp3) is 0.269. The summed E-state index contributed by atoms with van der Waals surface area (Å²) in [5.74, 6) is 1.57. The van der Waals surface area contributed by atoms with Crippen molar-refractivity contribution in [1.29, 1.82) is 5.26 Å². The third-order valence-electron chi connectivity index (χ3n) is 4.65. The van der Waals surface area contributed by atoms with Crippen LogP contribution >= 0.6 is 0 Å². The van der Waals surface area contributed by atoms with Gasteiger partial charge in [0.2, 0.25) is 0 Å². The molecule has 0 atom stereocenters. The summed E-state index contributed by atoms with van der Waals surface area (Å²) in [6.07, 6.45) is 3.35. The number of nitrogens with one attached hydrogen (secondary N) is 2. The molecule has 8 nitrogen and oxygen atoms in total. The number of benzene rings is 2. The molecule has 2 rings (SSSR count). The molecule has 0 saturated carbocycles. The second kappa shape index (κ2) is 12.7. The Morgan fingerprint density at radius 3 is 2.24 bits per heavy atom. The number of hydrogen-bond donors (Lipinski definition) is 2. The molecule has 0 aliphatic rings. The van der Waals surface area contributed by atoms with Crippen molar-refractivity contribution in [3.8, 4) is 17.6 Å². The molecule has 0 bridgehead atoms. The SMILES string of the molecule is CC(=Nc1ccc(Oc2ccccc2)cc1)C(C#N)=CNN(C)/C=C(/NC(=O)N(C)C)C(C)C. The molecule has 8 heteroatoms. The van der Waals surface area contributed by atoms with Crippen LogP contribution in [-0.4, -0.2) is 42.8 Å². The molecule has 2 N–H and O–H groups in total. The summed E-state index contributed by atoms with van der Waals surface area (Å²) in [4.78, 5) is 18.0. The van der Waals surface area contributed by atoms with E-state index in [2.05, 4.69) is 21.8 Å². The monoisotopic (exact) mass is 460 g/mol. The van der Waals surface area contributed by atoms with Crippen LogP contribution in [0.2, 0.25) is 0 Å². The number of hydrogen-bond acceptors (Lipinski definition) is 6. The number of amides is 2. The maximum absolute atomic E-state index is 12.0. The first kappa shape index (κ1) is 26.0. The minimum atomic E-state index is -0.204. The van der Waals surface area contributed by atoms with E-state index in [0.717, 1.165) is 11.4 Å². The first-order valence-corrected chi connectivity index (χ1v) is 10.9. The fourth-order valence-corrected chi connectivity index (χ4v) is 2.66. The van der Waals surface area contributed by atoms with Gasteiger partial charge in [0.15, 0.2) is 0 Å². The average Bonchev–Trinajstić information content (AvgIpc) is 2.80. The molecule has 0 saturated heterocycles. The predicted molar refractivity (Wildman–Crippen MR) is 135 cm³/mol. The van der Waals surface area contributed by atoms with E-state index in [-0.39, 0.29) is 11.9 Å². The number of para-hydroxylation sites is 1. The van der Waals surface area contributed by atoms with Crippen LogP contribution < -0.4 is 15.5 Å². The normalized spacial score (nSPS) is 12.1. The summed E-state index contributed by atoms with van der Waals surface area (Å²) in [6, 6.07) is 18.8. The number of aliphatic imine (C=N–C) groups is 1. The summed E-state index contributed by atoms with van der Waals surface area (Å²) >= 11 is 0. The molecule has 0 aliphatic carbocycles. The van der Waals surface area contributed by atoms with Crippen LogP contribution in [0.15, 0.2) is 83.3 Å². The number of nitriles is 1. The smallest absolute Gasteiger partial charge is 0.321 e. The number of rotatable bonds is 9. The van der Waals surface area contributed by atoms with Crippen LogP contribution in [-0.2, 0) is 0 Å². The van der Waals surface area contributed by atoms with Crippen molar-refractivity contribution < 1.29 is 9.53 Å². The quantitative estimate of drug-likeness (QED) is 0.305. The van der Waals surface area contributed by atoms with Gasteiger partial charge in [0.1, 0.15) is 17.6 Å². The van der Waals surface area contributed by atoms with E-state index < -0.39 is 0 Å². The lowest BCUT2D eigenvalue weighted by Crippen LogP contribution is -2.37. The molecule has 0 spiro atoms. The molecule has 2 aromatic carbocycles. The number of nitrogens with zero attached hydrogens (tertiary/aromatic N) is 4. The zero-order chi connectivity index (χ0) is 25.1. The first-order valence-electron chi connectivity index (χ1n) is 10.9. The number of carbonyl (C=O) groups excluding carboxylic acids is 1. The Labute approximate surface area is 201 Å². The van der Waals surface area contributed by atoms with Crippen molar-refractivity contribution in [3.63, 3.8) is 0 Å². The minimum Gasteiger partial charge on any atom is -0.457 e. The largest absolute Gasteiger partial charge is 0.457 e. The Kier molecular flexibility index (Phi) is 9.72. The zero-order valence-corrected chi connectivity index (χ0v) is 20.5. The topological polar surface area (TPSA) is 93.0 Å². The molecule has 2 amide bonds. The van der Waals surface area contributed by atoms with Gasteiger partial charge in [0, 0.05) is 39.2 Å². The van der Waals surface area contributed by atoms with Gasteiger partial charge in [-0.15, -0.1) is 0 Å². The van der Waals surface area contributed by atoms with Gasteiger partial charge in [-0.05, 0) is 49.2 Å². The number of allylic oxidation sites excluding steroid dienone is 2. The summed E-state index contributed by atoms with van der Waals surface area (Å²) < 4.78 is 5.80. The van der Waals surface area contributed by atoms with Crippen LogP contribution in [0.5, 0.6) is 11.5 Å². The van der Waals surface area contributed by atoms with Gasteiger partial charge in [-0.3, -0.25) is 10.0 Å². The van der Waals surface area contributed by atoms with Gasteiger partial charge in [-0.25, -0.2) is 4.79 Å². The highest BCUT2D eigenvalue weighted by Crippen LogP contribution is 2.24. The number of hydrazine groups is 1. The second-order valence-corrected chi connectivity index (χ2v) is 8.08. The van der Waals surface area contributed by atoms with Crippen molar-refractivity contribution >= 4 is 17.4 Å². The van der Waals surface area contributed by atoms with E-state index in [9.17, 15) is 10.1 Å². The minimum absolute atomic E-state index is 0.102. The number of ether oxygens (including phenoxy) is 1. The summed E-state index contributed by atoms with van der Waals surface area (Å²) in [5.41, 5.74) is 5.43. The Bertz CT molecular complexity index is 1080. The predicted octanol–water partition coefficient (Wildman–Crippen LogP) is 5.18. The molecule has 178 valence electrons. The van der Waals surface area contributed by atoms with E-state index in [4.69, 9.17) is 4.74 Å². The van der Waals surface area contributed by atoms with Gasteiger partial charge in [-0.1, -0.05) is 32.0 Å². The molecule has 0 aliphatic heterocycles. The molecule has 0 aromatic heterocycles. The Balaban J connectivity index is 2.07. The third kappa shape index (κ3) is 8.36.